The molecule has 0 spiro atoms. The van der Waals surface area contributed by atoms with Gasteiger partial charge in [-0.15, -0.1) is 11.3 Å². The number of benzene rings is 1. The first-order chi connectivity index (χ1) is 8.08. The molecule has 0 bridgehead atoms. The molecule has 0 aliphatic heterocycles. The summed E-state index contributed by atoms with van der Waals surface area (Å²) in [4.78, 5) is 1.56. The Morgan fingerprint density at radius 2 is 2.24 bits per heavy atom. The molecule has 1 aromatic carbocycles. The molecule has 17 heavy (non-hydrogen) atoms. The quantitative estimate of drug-likeness (QED) is 0.848. The number of nitrogen functional groups attached to an aromatic ring is 1. The summed E-state index contributed by atoms with van der Waals surface area (Å²) >= 11 is 10.9. The van der Waals surface area contributed by atoms with E-state index in [0.29, 0.717) is 21.4 Å². The maximum absolute atomic E-state index is 12.2. The van der Waals surface area contributed by atoms with Gasteiger partial charge in [0, 0.05) is 20.4 Å². The zero-order valence-corrected chi connectivity index (χ0v) is 12.6. The van der Waals surface area contributed by atoms with Crippen molar-refractivity contribution in [3.63, 3.8) is 0 Å². The van der Waals surface area contributed by atoms with Gasteiger partial charge in [0.05, 0.1) is 26.5 Å². The van der Waals surface area contributed by atoms with Gasteiger partial charge in [-0.05, 0) is 34.1 Å². The highest BCUT2D eigenvalue weighted by Crippen LogP contribution is 2.29. The van der Waals surface area contributed by atoms with E-state index in [9.17, 15) is 4.21 Å². The minimum absolute atomic E-state index is 0.435. The summed E-state index contributed by atoms with van der Waals surface area (Å²) in [6.07, 6.45) is 0. The van der Waals surface area contributed by atoms with E-state index in [-0.39, 0.29) is 0 Å². The van der Waals surface area contributed by atoms with Crippen LogP contribution in [0, 0.1) is 0 Å². The van der Waals surface area contributed by atoms with Crippen molar-refractivity contribution in [2.24, 2.45) is 0 Å². The third-order valence-corrected chi connectivity index (χ3v) is 5.91. The summed E-state index contributed by atoms with van der Waals surface area (Å²) in [5.74, 6) is 0.435. The minimum atomic E-state index is -1.21. The molecule has 0 amide bonds. The van der Waals surface area contributed by atoms with Gasteiger partial charge in [0.15, 0.2) is 0 Å². The Morgan fingerprint density at radius 1 is 1.47 bits per heavy atom. The Labute approximate surface area is 119 Å². The maximum atomic E-state index is 12.2. The number of anilines is 1. The Hall–Kier alpha value is -0.360. The van der Waals surface area contributed by atoms with Gasteiger partial charge in [-0.25, -0.2) is 0 Å². The van der Waals surface area contributed by atoms with Crippen LogP contribution in [-0.2, 0) is 16.6 Å². The smallest absolute Gasteiger partial charge is 0.0807 e. The standard InChI is InChI=1S/C11H9BrClNOS2/c12-7-4-8(16-5-7)6-17(15)11-9(13)2-1-3-10(11)14/h1-5H,6,14H2. The molecule has 0 saturated carbocycles. The van der Waals surface area contributed by atoms with Crippen LogP contribution in [0.4, 0.5) is 5.69 Å². The average Bonchev–Trinajstić information content (AvgIpc) is 2.63. The fourth-order valence-corrected chi connectivity index (χ4v) is 4.77. The van der Waals surface area contributed by atoms with Gasteiger partial charge < -0.3 is 5.73 Å². The molecule has 0 fully saturated rings. The first kappa shape index (κ1) is 13.1. The van der Waals surface area contributed by atoms with Crippen LogP contribution in [0.1, 0.15) is 4.88 Å². The summed E-state index contributed by atoms with van der Waals surface area (Å²) in [5, 5.41) is 2.42. The predicted molar refractivity (Wildman–Crippen MR) is 78.0 cm³/mol. The molecule has 0 aliphatic carbocycles. The highest BCUT2D eigenvalue weighted by Gasteiger charge is 2.13. The molecular weight excluding hydrogens is 342 g/mol. The lowest BCUT2D eigenvalue weighted by molar-refractivity contribution is 0.683. The van der Waals surface area contributed by atoms with Crippen LogP contribution in [0.2, 0.25) is 5.02 Å². The van der Waals surface area contributed by atoms with E-state index in [1.54, 1.807) is 29.5 Å². The van der Waals surface area contributed by atoms with E-state index in [0.717, 1.165) is 9.35 Å². The number of hydrogen-bond acceptors (Lipinski definition) is 3. The summed E-state index contributed by atoms with van der Waals surface area (Å²) in [7, 11) is -1.21. The van der Waals surface area contributed by atoms with Crippen molar-refractivity contribution in [1.82, 2.24) is 0 Å². The third-order valence-electron chi connectivity index (χ3n) is 2.12. The van der Waals surface area contributed by atoms with E-state index >= 15 is 0 Å². The predicted octanol–water partition coefficient (Wildman–Crippen LogP) is 4.05. The normalized spacial score (nSPS) is 12.6. The number of nitrogens with two attached hydrogens (primary N) is 1. The van der Waals surface area contributed by atoms with E-state index < -0.39 is 10.8 Å². The van der Waals surface area contributed by atoms with Crippen molar-refractivity contribution in [2.45, 2.75) is 10.6 Å². The van der Waals surface area contributed by atoms with Crippen LogP contribution in [0.3, 0.4) is 0 Å². The van der Waals surface area contributed by atoms with Crippen molar-refractivity contribution < 1.29 is 4.21 Å². The van der Waals surface area contributed by atoms with Crippen molar-refractivity contribution in [1.29, 1.82) is 0 Å². The van der Waals surface area contributed by atoms with Crippen LogP contribution in [0.15, 0.2) is 39.0 Å². The molecule has 2 N–H and O–H groups in total. The Morgan fingerprint density at radius 3 is 2.82 bits per heavy atom. The van der Waals surface area contributed by atoms with Crippen molar-refractivity contribution in [2.75, 3.05) is 5.73 Å². The van der Waals surface area contributed by atoms with E-state index in [1.807, 2.05) is 11.4 Å². The zero-order chi connectivity index (χ0) is 12.4. The Balaban J connectivity index is 2.26. The van der Waals surface area contributed by atoms with Gasteiger partial charge in [-0.2, -0.15) is 0 Å². The van der Waals surface area contributed by atoms with Crippen LogP contribution in [0.5, 0.6) is 0 Å². The van der Waals surface area contributed by atoms with Gasteiger partial charge in [0.1, 0.15) is 0 Å². The summed E-state index contributed by atoms with van der Waals surface area (Å²) < 4.78 is 13.2. The van der Waals surface area contributed by atoms with E-state index in [2.05, 4.69) is 15.9 Å². The molecule has 2 aromatic rings. The second-order valence-corrected chi connectivity index (χ2v) is 7.09. The molecule has 0 aliphatic rings. The van der Waals surface area contributed by atoms with Crippen LogP contribution in [-0.4, -0.2) is 4.21 Å². The lowest BCUT2D eigenvalue weighted by Crippen LogP contribution is -2.00. The highest BCUT2D eigenvalue weighted by molar-refractivity contribution is 9.10. The van der Waals surface area contributed by atoms with Crippen molar-refractivity contribution in [3.05, 3.63) is 44.0 Å². The van der Waals surface area contributed by atoms with Gasteiger partial charge in [-0.1, -0.05) is 17.7 Å². The molecule has 90 valence electrons. The molecule has 2 nitrogen and oxygen atoms in total. The second-order valence-electron chi connectivity index (χ2n) is 3.38. The molecule has 1 heterocycles. The number of hydrogen-bond donors (Lipinski definition) is 1. The van der Waals surface area contributed by atoms with Gasteiger partial charge in [0.2, 0.25) is 0 Å². The topological polar surface area (TPSA) is 43.1 Å². The molecule has 6 heteroatoms. The van der Waals surface area contributed by atoms with Crippen LogP contribution < -0.4 is 5.73 Å². The Kier molecular flexibility index (Phi) is 4.25. The van der Waals surface area contributed by atoms with Gasteiger partial charge in [-0.3, -0.25) is 4.21 Å². The molecule has 1 unspecified atom stereocenters. The molecule has 1 atom stereocenters. The fourth-order valence-electron chi connectivity index (χ4n) is 1.40. The molecule has 1 aromatic heterocycles. The highest BCUT2D eigenvalue weighted by atomic mass is 79.9. The molecule has 0 saturated heterocycles. The molecule has 0 radical (unpaired) electrons. The first-order valence-corrected chi connectivity index (χ1v) is 8.10. The zero-order valence-electron chi connectivity index (χ0n) is 8.65. The fraction of sp³-hybridized carbons (Fsp3) is 0.0909. The largest absolute Gasteiger partial charge is 0.398 e. The van der Waals surface area contributed by atoms with Gasteiger partial charge in [0.25, 0.3) is 0 Å². The second kappa shape index (κ2) is 5.52. The number of rotatable bonds is 3. The van der Waals surface area contributed by atoms with Crippen LogP contribution >= 0.6 is 38.9 Å². The number of halogens is 2. The number of thiophene rings is 1. The lowest BCUT2D eigenvalue weighted by atomic mass is 10.3. The lowest BCUT2D eigenvalue weighted by Gasteiger charge is -2.06. The van der Waals surface area contributed by atoms with Crippen molar-refractivity contribution >= 4 is 55.4 Å². The summed E-state index contributed by atoms with van der Waals surface area (Å²) in [6, 6.07) is 7.12. The van der Waals surface area contributed by atoms with Crippen molar-refractivity contribution in [3.8, 4) is 0 Å². The van der Waals surface area contributed by atoms with Crippen LogP contribution in [0.25, 0.3) is 0 Å². The SMILES string of the molecule is Nc1cccc(Cl)c1S(=O)Cc1cc(Br)cs1. The first-order valence-electron chi connectivity index (χ1n) is 4.73. The van der Waals surface area contributed by atoms with E-state index in [4.69, 9.17) is 17.3 Å². The average molecular weight is 351 g/mol. The molecular formula is C11H9BrClNOS2. The minimum Gasteiger partial charge on any atom is -0.398 e. The monoisotopic (exact) mass is 349 g/mol. The maximum Gasteiger partial charge on any atom is 0.0807 e. The summed E-state index contributed by atoms with van der Waals surface area (Å²) in [6.45, 7) is 0. The molecule has 2 rings (SSSR count). The Bertz CT molecular complexity index is 550. The third kappa shape index (κ3) is 3.10. The van der Waals surface area contributed by atoms with Gasteiger partial charge >= 0.3 is 0 Å². The van der Waals surface area contributed by atoms with E-state index in [1.165, 1.54) is 0 Å². The summed E-state index contributed by atoms with van der Waals surface area (Å²) in [5.41, 5.74) is 6.28.